The highest BCUT2D eigenvalue weighted by atomic mass is 16.3. The van der Waals surface area contributed by atoms with Crippen molar-refractivity contribution in [3.05, 3.63) is 54.1 Å². The smallest absolute Gasteiger partial charge is 0.0767 e. The van der Waals surface area contributed by atoms with E-state index < -0.39 is 6.10 Å². The number of rotatable bonds is 2. The molecule has 0 aromatic heterocycles. The van der Waals surface area contributed by atoms with Crippen molar-refractivity contribution in [3.63, 3.8) is 0 Å². The number of benzene rings is 2. The summed E-state index contributed by atoms with van der Waals surface area (Å²) in [6.07, 6.45) is -0.474. The summed E-state index contributed by atoms with van der Waals surface area (Å²) in [5, 5.41) is 9.70. The molecule has 0 saturated heterocycles. The number of nitrogens with two attached hydrogens (primary N) is 1. The van der Waals surface area contributed by atoms with Crippen LogP contribution in [0.3, 0.4) is 0 Å². The second-order valence-corrected chi connectivity index (χ2v) is 3.89. The third-order valence-corrected chi connectivity index (χ3v) is 2.61. The highest BCUT2D eigenvalue weighted by Gasteiger charge is 2.08. The van der Waals surface area contributed by atoms with E-state index in [9.17, 15) is 5.11 Å². The molecular weight excluding hydrogens is 198 g/mol. The molecule has 0 aliphatic heterocycles. The molecule has 82 valence electrons. The van der Waals surface area contributed by atoms with E-state index in [2.05, 4.69) is 0 Å². The van der Waals surface area contributed by atoms with Gasteiger partial charge in [-0.25, -0.2) is 0 Å². The van der Waals surface area contributed by atoms with Gasteiger partial charge in [-0.2, -0.15) is 0 Å². The lowest BCUT2D eigenvalue weighted by atomic mass is 9.96. The Bertz CT molecular complexity index is 492. The average Bonchev–Trinajstić information content (AvgIpc) is 2.29. The summed E-state index contributed by atoms with van der Waals surface area (Å²) in [5.41, 5.74) is 9.49. The van der Waals surface area contributed by atoms with Crippen molar-refractivity contribution in [2.24, 2.45) is 0 Å². The van der Waals surface area contributed by atoms with Crippen LogP contribution in [0.1, 0.15) is 18.6 Å². The van der Waals surface area contributed by atoms with Gasteiger partial charge in [-0.15, -0.1) is 0 Å². The minimum atomic E-state index is -0.474. The minimum Gasteiger partial charge on any atom is -0.399 e. The molecule has 0 spiro atoms. The van der Waals surface area contributed by atoms with Gasteiger partial charge in [0, 0.05) is 5.69 Å². The Labute approximate surface area is 95.4 Å². The largest absolute Gasteiger partial charge is 0.399 e. The van der Waals surface area contributed by atoms with Gasteiger partial charge < -0.3 is 10.8 Å². The van der Waals surface area contributed by atoms with E-state index in [1.807, 2.05) is 48.5 Å². The van der Waals surface area contributed by atoms with Gasteiger partial charge in [0.05, 0.1) is 6.10 Å². The second kappa shape index (κ2) is 4.37. The van der Waals surface area contributed by atoms with Gasteiger partial charge in [-0.1, -0.05) is 36.4 Å². The Hall–Kier alpha value is -1.80. The van der Waals surface area contributed by atoms with Crippen molar-refractivity contribution in [2.75, 3.05) is 5.73 Å². The molecule has 1 atom stereocenters. The van der Waals surface area contributed by atoms with Crippen molar-refractivity contribution in [1.82, 2.24) is 0 Å². The van der Waals surface area contributed by atoms with Gasteiger partial charge in [0.15, 0.2) is 0 Å². The lowest BCUT2D eigenvalue weighted by Gasteiger charge is -2.12. The van der Waals surface area contributed by atoms with Crippen molar-refractivity contribution < 1.29 is 5.11 Å². The van der Waals surface area contributed by atoms with Crippen LogP contribution in [0.4, 0.5) is 5.69 Å². The standard InChI is InChI=1S/C14H15NO/c1-10(16)13-7-2-3-8-14(13)11-5-4-6-12(15)9-11/h2-10,16H,15H2,1H3. The fraction of sp³-hybridized carbons (Fsp3) is 0.143. The maximum atomic E-state index is 9.70. The first-order chi connectivity index (χ1) is 7.68. The van der Waals surface area contributed by atoms with E-state index in [4.69, 9.17) is 5.73 Å². The van der Waals surface area contributed by atoms with Gasteiger partial charge in [0.1, 0.15) is 0 Å². The van der Waals surface area contributed by atoms with Crippen molar-refractivity contribution in [2.45, 2.75) is 13.0 Å². The second-order valence-electron chi connectivity index (χ2n) is 3.89. The first-order valence-electron chi connectivity index (χ1n) is 5.31. The molecule has 2 nitrogen and oxygen atoms in total. The van der Waals surface area contributed by atoms with Crippen LogP contribution in [0.15, 0.2) is 48.5 Å². The Morgan fingerprint density at radius 3 is 2.50 bits per heavy atom. The molecule has 16 heavy (non-hydrogen) atoms. The molecule has 0 saturated carbocycles. The third-order valence-electron chi connectivity index (χ3n) is 2.61. The van der Waals surface area contributed by atoms with Gasteiger partial charge in [-0.3, -0.25) is 0 Å². The van der Waals surface area contributed by atoms with E-state index >= 15 is 0 Å². The van der Waals surface area contributed by atoms with E-state index in [0.29, 0.717) is 0 Å². The van der Waals surface area contributed by atoms with Gasteiger partial charge in [0.25, 0.3) is 0 Å². The predicted molar refractivity (Wildman–Crippen MR) is 66.9 cm³/mol. The Kier molecular flexibility index (Phi) is 2.93. The molecule has 2 heteroatoms. The molecule has 2 aromatic carbocycles. The fourth-order valence-electron chi connectivity index (χ4n) is 1.83. The van der Waals surface area contributed by atoms with E-state index in [1.165, 1.54) is 0 Å². The van der Waals surface area contributed by atoms with Crippen LogP contribution in [0.25, 0.3) is 11.1 Å². The van der Waals surface area contributed by atoms with Crippen LogP contribution in [-0.4, -0.2) is 5.11 Å². The zero-order valence-corrected chi connectivity index (χ0v) is 9.22. The topological polar surface area (TPSA) is 46.2 Å². The molecule has 2 rings (SSSR count). The lowest BCUT2D eigenvalue weighted by Crippen LogP contribution is -1.95. The number of aliphatic hydroxyl groups is 1. The summed E-state index contributed by atoms with van der Waals surface area (Å²) < 4.78 is 0. The number of hydrogen-bond donors (Lipinski definition) is 2. The molecule has 3 N–H and O–H groups in total. The molecule has 0 bridgehead atoms. The van der Waals surface area contributed by atoms with Crippen LogP contribution < -0.4 is 5.73 Å². The molecule has 0 radical (unpaired) electrons. The Balaban J connectivity index is 2.55. The molecule has 0 aliphatic carbocycles. The maximum absolute atomic E-state index is 9.70. The van der Waals surface area contributed by atoms with Crippen molar-refractivity contribution in [3.8, 4) is 11.1 Å². The molecule has 1 unspecified atom stereocenters. The predicted octanol–water partition coefficient (Wildman–Crippen LogP) is 2.99. The molecule has 0 amide bonds. The fourth-order valence-corrected chi connectivity index (χ4v) is 1.83. The molecular formula is C14H15NO. The van der Waals surface area contributed by atoms with Crippen LogP contribution in [0.5, 0.6) is 0 Å². The summed E-state index contributed by atoms with van der Waals surface area (Å²) in [6, 6.07) is 15.5. The van der Waals surface area contributed by atoms with Crippen LogP contribution in [0, 0.1) is 0 Å². The zero-order chi connectivity index (χ0) is 11.5. The first-order valence-corrected chi connectivity index (χ1v) is 5.31. The summed E-state index contributed by atoms with van der Waals surface area (Å²) in [4.78, 5) is 0. The summed E-state index contributed by atoms with van der Waals surface area (Å²) in [5.74, 6) is 0. The van der Waals surface area contributed by atoms with E-state index in [-0.39, 0.29) is 0 Å². The zero-order valence-electron chi connectivity index (χ0n) is 9.22. The van der Waals surface area contributed by atoms with Crippen LogP contribution >= 0.6 is 0 Å². The highest BCUT2D eigenvalue weighted by Crippen LogP contribution is 2.28. The Morgan fingerprint density at radius 2 is 1.81 bits per heavy atom. The number of anilines is 1. The summed E-state index contributed by atoms with van der Waals surface area (Å²) in [6.45, 7) is 1.77. The molecule has 0 aliphatic rings. The Morgan fingerprint density at radius 1 is 1.06 bits per heavy atom. The lowest BCUT2D eigenvalue weighted by molar-refractivity contribution is 0.200. The van der Waals surface area contributed by atoms with Crippen molar-refractivity contribution >= 4 is 5.69 Å². The highest BCUT2D eigenvalue weighted by molar-refractivity contribution is 5.70. The summed E-state index contributed by atoms with van der Waals surface area (Å²) in [7, 11) is 0. The quantitative estimate of drug-likeness (QED) is 0.753. The third kappa shape index (κ3) is 2.07. The van der Waals surface area contributed by atoms with Crippen LogP contribution in [0.2, 0.25) is 0 Å². The van der Waals surface area contributed by atoms with Gasteiger partial charge >= 0.3 is 0 Å². The average molecular weight is 213 g/mol. The maximum Gasteiger partial charge on any atom is 0.0767 e. The minimum absolute atomic E-state index is 0.474. The monoisotopic (exact) mass is 213 g/mol. The summed E-state index contributed by atoms with van der Waals surface area (Å²) >= 11 is 0. The van der Waals surface area contributed by atoms with Crippen LogP contribution in [-0.2, 0) is 0 Å². The first kappa shape index (κ1) is 10.7. The number of aliphatic hydroxyl groups excluding tert-OH is 1. The van der Waals surface area contributed by atoms with Gasteiger partial charge in [-0.05, 0) is 35.7 Å². The normalized spacial score (nSPS) is 12.4. The number of hydrogen-bond acceptors (Lipinski definition) is 2. The molecule has 0 heterocycles. The molecule has 0 fully saturated rings. The molecule has 2 aromatic rings. The SMILES string of the molecule is CC(O)c1ccccc1-c1cccc(N)c1. The van der Waals surface area contributed by atoms with Gasteiger partial charge in [0.2, 0.25) is 0 Å². The van der Waals surface area contributed by atoms with Crippen molar-refractivity contribution in [1.29, 1.82) is 0 Å². The number of nitrogen functional groups attached to an aromatic ring is 1. The van der Waals surface area contributed by atoms with E-state index in [1.54, 1.807) is 6.92 Å². The van der Waals surface area contributed by atoms with E-state index in [0.717, 1.165) is 22.4 Å².